The molecule has 1 amide bonds. The SMILES string of the molecule is CCC(=O)N(c1ccccc1)C1(COC)CCN(CCc2cccs2)CC1.CS(=O)(=O)O. The Morgan fingerprint density at radius 3 is 2.31 bits per heavy atom. The van der Waals surface area contributed by atoms with Gasteiger partial charge in [-0.05, 0) is 42.8 Å². The Bertz CT molecular complexity index is 901. The number of nitrogens with zero attached hydrogens (tertiary/aromatic N) is 2. The maximum atomic E-state index is 12.9. The first-order valence-electron chi connectivity index (χ1n) is 10.7. The number of thiophene rings is 1. The van der Waals surface area contributed by atoms with E-state index in [4.69, 9.17) is 9.29 Å². The quantitative estimate of drug-likeness (QED) is 0.577. The summed E-state index contributed by atoms with van der Waals surface area (Å²) in [6.45, 7) is 5.59. The Hall–Kier alpha value is -1.78. The number of benzene rings is 1. The minimum absolute atomic E-state index is 0.172. The number of piperidine rings is 1. The third-order valence-corrected chi connectivity index (χ3v) is 6.43. The number of likely N-dealkylation sites (tertiary alicyclic amines) is 1. The number of para-hydroxylation sites is 1. The molecule has 1 aliphatic rings. The molecular weight excluding hydrogens is 448 g/mol. The number of carbonyl (C=O) groups is 1. The van der Waals surface area contributed by atoms with Crippen LogP contribution in [0.25, 0.3) is 0 Å². The average Bonchev–Trinajstić information content (AvgIpc) is 3.27. The van der Waals surface area contributed by atoms with Gasteiger partial charge < -0.3 is 14.5 Å². The lowest BCUT2D eigenvalue weighted by Gasteiger charge is -2.48. The van der Waals surface area contributed by atoms with E-state index in [2.05, 4.69) is 22.4 Å². The maximum Gasteiger partial charge on any atom is 0.261 e. The fraction of sp³-hybridized carbons (Fsp3) is 0.522. The summed E-state index contributed by atoms with van der Waals surface area (Å²) in [5.74, 6) is 0.172. The van der Waals surface area contributed by atoms with Crippen LogP contribution in [0.4, 0.5) is 5.69 Å². The van der Waals surface area contributed by atoms with Crippen LogP contribution < -0.4 is 4.90 Å². The molecule has 1 aromatic carbocycles. The number of amides is 1. The van der Waals surface area contributed by atoms with Crippen LogP contribution in [0.5, 0.6) is 0 Å². The van der Waals surface area contributed by atoms with Crippen LogP contribution >= 0.6 is 11.3 Å². The van der Waals surface area contributed by atoms with E-state index < -0.39 is 10.1 Å². The van der Waals surface area contributed by atoms with E-state index in [1.54, 1.807) is 7.11 Å². The summed E-state index contributed by atoms with van der Waals surface area (Å²) in [6, 6.07) is 14.4. The van der Waals surface area contributed by atoms with Crippen LogP contribution in [-0.2, 0) is 26.1 Å². The molecule has 32 heavy (non-hydrogen) atoms. The van der Waals surface area contributed by atoms with Crippen LogP contribution in [0, 0.1) is 0 Å². The van der Waals surface area contributed by atoms with Crippen molar-refractivity contribution in [2.75, 3.05) is 44.5 Å². The minimum Gasteiger partial charge on any atom is -0.382 e. The van der Waals surface area contributed by atoms with E-state index in [0.717, 1.165) is 44.6 Å². The van der Waals surface area contributed by atoms with E-state index in [1.807, 2.05) is 53.5 Å². The van der Waals surface area contributed by atoms with Gasteiger partial charge in [0.2, 0.25) is 5.91 Å². The molecule has 1 aromatic heterocycles. The average molecular weight is 483 g/mol. The van der Waals surface area contributed by atoms with Gasteiger partial charge in [0.15, 0.2) is 0 Å². The molecule has 7 nitrogen and oxygen atoms in total. The van der Waals surface area contributed by atoms with Gasteiger partial charge in [0, 0.05) is 43.7 Å². The predicted octanol–water partition coefficient (Wildman–Crippen LogP) is 3.72. The summed E-state index contributed by atoms with van der Waals surface area (Å²) < 4.78 is 31.5. The van der Waals surface area contributed by atoms with Gasteiger partial charge in [-0.25, -0.2) is 0 Å². The van der Waals surface area contributed by atoms with E-state index in [0.29, 0.717) is 19.3 Å². The molecule has 9 heteroatoms. The second kappa shape index (κ2) is 12.5. The maximum absolute atomic E-state index is 12.9. The van der Waals surface area contributed by atoms with Crippen molar-refractivity contribution < 1.29 is 22.5 Å². The summed E-state index contributed by atoms with van der Waals surface area (Å²) in [6.07, 6.45) is 4.19. The smallest absolute Gasteiger partial charge is 0.261 e. The number of anilines is 1. The van der Waals surface area contributed by atoms with E-state index in [-0.39, 0.29) is 11.4 Å². The summed E-state index contributed by atoms with van der Waals surface area (Å²) in [5.41, 5.74) is 0.719. The fourth-order valence-electron chi connectivity index (χ4n) is 4.03. The van der Waals surface area contributed by atoms with Crippen molar-refractivity contribution in [1.82, 2.24) is 4.90 Å². The first kappa shape index (κ1) is 26.5. The normalized spacial score (nSPS) is 16.1. The lowest BCUT2D eigenvalue weighted by atomic mass is 9.85. The van der Waals surface area contributed by atoms with Crippen LogP contribution in [-0.4, -0.2) is 68.9 Å². The fourth-order valence-corrected chi connectivity index (χ4v) is 4.73. The Labute approximate surface area is 195 Å². The molecule has 0 bridgehead atoms. The van der Waals surface area contributed by atoms with Crippen LogP contribution in [0.15, 0.2) is 47.8 Å². The van der Waals surface area contributed by atoms with Gasteiger partial charge in [-0.3, -0.25) is 9.35 Å². The van der Waals surface area contributed by atoms with Crippen molar-refractivity contribution in [1.29, 1.82) is 0 Å². The Morgan fingerprint density at radius 1 is 1.19 bits per heavy atom. The molecule has 1 N–H and O–H groups in total. The molecule has 0 unspecified atom stereocenters. The third kappa shape index (κ3) is 8.29. The van der Waals surface area contributed by atoms with Crippen molar-refractivity contribution in [3.63, 3.8) is 0 Å². The molecule has 0 atom stereocenters. The first-order chi connectivity index (χ1) is 15.2. The van der Waals surface area contributed by atoms with Crippen LogP contribution in [0.3, 0.4) is 0 Å². The van der Waals surface area contributed by atoms with Gasteiger partial charge in [0.1, 0.15) is 0 Å². The van der Waals surface area contributed by atoms with Crippen molar-refractivity contribution >= 4 is 33.0 Å². The number of methoxy groups -OCH3 is 1. The Kier molecular flexibility index (Phi) is 10.3. The molecule has 0 saturated carbocycles. The highest BCUT2D eigenvalue weighted by molar-refractivity contribution is 7.85. The molecule has 0 aliphatic carbocycles. The van der Waals surface area contributed by atoms with Crippen molar-refractivity contribution in [2.24, 2.45) is 0 Å². The lowest BCUT2D eigenvalue weighted by Crippen LogP contribution is -2.60. The molecule has 1 aliphatic heterocycles. The van der Waals surface area contributed by atoms with Gasteiger partial charge in [-0.1, -0.05) is 31.2 Å². The highest BCUT2D eigenvalue weighted by Gasteiger charge is 2.42. The standard InChI is InChI=1S/C22H30N2O2S.CH4O3S/c1-3-21(25)24(19-8-5-4-6-9-19)22(18-26-2)12-15-23(16-13-22)14-11-20-10-7-17-27-20;1-5(2,3)4/h4-10,17H,3,11-16,18H2,1-2H3;1H3,(H,2,3,4). The van der Waals surface area contributed by atoms with E-state index in [1.165, 1.54) is 4.88 Å². The Balaban J connectivity index is 0.000000654. The second-order valence-electron chi connectivity index (χ2n) is 7.98. The summed E-state index contributed by atoms with van der Waals surface area (Å²) >= 11 is 1.83. The molecule has 1 saturated heterocycles. The number of hydrogen-bond acceptors (Lipinski definition) is 6. The number of ether oxygens (including phenoxy) is 1. The summed E-state index contributed by atoms with van der Waals surface area (Å²) in [5, 5.41) is 2.14. The van der Waals surface area contributed by atoms with Crippen LogP contribution in [0.2, 0.25) is 0 Å². The van der Waals surface area contributed by atoms with Crippen molar-refractivity contribution in [2.45, 2.75) is 38.1 Å². The monoisotopic (exact) mass is 482 g/mol. The summed E-state index contributed by atoms with van der Waals surface area (Å²) in [7, 11) is -1.93. The number of carbonyl (C=O) groups excluding carboxylic acids is 1. The third-order valence-electron chi connectivity index (χ3n) is 5.49. The highest BCUT2D eigenvalue weighted by atomic mass is 32.2. The second-order valence-corrected chi connectivity index (χ2v) is 10.5. The van der Waals surface area contributed by atoms with Gasteiger partial charge >= 0.3 is 0 Å². The van der Waals surface area contributed by atoms with Gasteiger partial charge in [-0.15, -0.1) is 11.3 Å². The molecule has 3 rings (SSSR count). The molecule has 0 spiro atoms. The largest absolute Gasteiger partial charge is 0.382 e. The number of rotatable bonds is 8. The Morgan fingerprint density at radius 2 is 1.81 bits per heavy atom. The summed E-state index contributed by atoms with van der Waals surface area (Å²) in [4.78, 5) is 18.9. The molecular formula is C23H34N2O5S2. The van der Waals surface area contributed by atoms with Crippen molar-refractivity contribution in [3.8, 4) is 0 Å². The zero-order valence-corrected chi connectivity index (χ0v) is 20.7. The molecule has 2 aromatic rings. The first-order valence-corrected chi connectivity index (χ1v) is 13.5. The topological polar surface area (TPSA) is 87.2 Å². The van der Waals surface area contributed by atoms with E-state index in [9.17, 15) is 13.2 Å². The lowest BCUT2D eigenvalue weighted by molar-refractivity contribution is -0.120. The zero-order valence-electron chi connectivity index (χ0n) is 19.1. The molecule has 1 fully saturated rings. The molecule has 178 valence electrons. The molecule has 0 radical (unpaired) electrons. The van der Waals surface area contributed by atoms with Crippen molar-refractivity contribution in [3.05, 3.63) is 52.7 Å². The van der Waals surface area contributed by atoms with Gasteiger partial charge in [0.05, 0.1) is 18.4 Å². The van der Waals surface area contributed by atoms with Gasteiger partial charge in [-0.2, -0.15) is 8.42 Å². The van der Waals surface area contributed by atoms with Crippen LogP contribution in [0.1, 0.15) is 31.1 Å². The zero-order chi connectivity index (χ0) is 23.6. The predicted molar refractivity (Wildman–Crippen MR) is 130 cm³/mol. The minimum atomic E-state index is -3.67. The van der Waals surface area contributed by atoms with E-state index >= 15 is 0 Å². The van der Waals surface area contributed by atoms with Gasteiger partial charge in [0.25, 0.3) is 10.1 Å². The molecule has 2 heterocycles. The highest BCUT2D eigenvalue weighted by Crippen LogP contribution is 2.34. The number of hydrogen-bond donors (Lipinski definition) is 1.